The van der Waals surface area contributed by atoms with Gasteiger partial charge >= 0.3 is 5.97 Å². The lowest BCUT2D eigenvalue weighted by Crippen LogP contribution is -2.35. The molecule has 1 saturated carbocycles. The van der Waals surface area contributed by atoms with Gasteiger partial charge in [-0.1, -0.05) is 12.1 Å². The zero-order valence-corrected chi connectivity index (χ0v) is 8.37. The molecule has 0 heterocycles. The minimum Gasteiger partial charge on any atom is -0.468 e. The van der Waals surface area contributed by atoms with E-state index < -0.39 is 11.5 Å². The highest BCUT2D eigenvalue weighted by molar-refractivity contribution is 5.86. The number of benzene rings is 1. The summed E-state index contributed by atoms with van der Waals surface area (Å²) in [6, 6.07) is 6.15. The van der Waals surface area contributed by atoms with E-state index in [9.17, 15) is 9.18 Å². The third-order valence-electron chi connectivity index (χ3n) is 2.82. The maximum atomic E-state index is 12.9. The normalized spacial score (nSPS) is 28.6. The van der Waals surface area contributed by atoms with Crippen LogP contribution in [0.25, 0.3) is 0 Å². The number of rotatable bonds is 2. The minimum atomic E-state index is -0.956. The predicted octanol–water partition coefficient (Wildman–Crippen LogP) is 1.18. The molecule has 2 unspecified atom stereocenters. The highest BCUT2D eigenvalue weighted by atomic mass is 19.1. The van der Waals surface area contributed by atoms with Crippen LogP contribution in [0.3, 0.4) is 0 Å². The second kappa shape index (κ2) is 3.31. The molecule has 1 aliphatic rings. The molecule has 1 aliphatic carbocycles. The summed E-state index contributed by atoms with van der Waals surface area (Å²) in [5.74, 6) is -0.871. The highest BCUT2D eigenvalue weighted by Crippen LogP contribution is 2.50. The van der Waals surface area contributed by atoms with Crippen LogP contribution in [0.4, 0.5) is 4.39 Å². The lowest BCUT2D eigenvalue weighted by atomic mass is 10.1. The number of esters is 1. The Balaban J connectivity index is 2.20. The molecule has 1 fully saturated rings. The smallest absolute Gasteiger partial charge is 0.326 e. The summed E-state index contributed by atoms with van der Waals surface area (Å²) in [6.07, 6.45) is 0.517. The molecule has 0 aromatic heterocycles. The number of carbonyl (C=O) groups excluding carboxylic acids is 1. The van der Waals surface area contributed by atoms with Gasteiger partial charge in [-0.3, -0.25) is 4.79 Å². The van der Waals surface area contributed by atoms with Gasteiger partial charge in [-0.2, -0.15) is 0 Å². The third-order valence-corrected chi connectivity index (χ3v) is 2.82. The zero-order valence-electron chi connectivity index (χ0n) is 8.37. The average Bonchev–Trinajstić information content (AvgIpc) is 2.91. The Bertz CT molecular complexity index is 407. The van der Waals surface area contributed by atoms with Crippen molar-refractivity contribution in [3.63, 3.8) is 0 Å². The first-order chi connectivity index (χ1) is 7.08. The fourth-order valence-corrected chi connectivity index (χ4v) is 1.83. The molecular formula is C11H12FNO2. The van der Waals surface area contributed by atoms with Gasteiger partial charge in [0.05, 0.1) is 7.11 Å². The fourth-order valence-electron chi connectivity index (χ4n) is 1.83. The number of hydrogen-bond donors (Lipinski definition) is 1. The Morgan fingerprint density at radius 3 is 3.00 bits per heavy atom. The zero-order chi connectivity index (χ0) is 11.1. The SMILES string of the molecule is COC(=O)C1(N)CC1c1cccc(F)c1. The predicted molar refractivity (Wildman–Crippen MR) is 52.7 cm³/mol. The second-order valence-corrected chi connectivity index (χ2v) is 3.84. The largest absolute Gasteiger partial charge is 0.468 e. The van der Waals surface area contributed by atoms with Crippen LogP contribution in [-0.2, 0) is 9.53 Å². The van der Waals surface area contributed by atoms with Gasteiger partial charge in [-0.25, -0.2) is 4.39 Å². The number of methoxy groups -OCH3 is 1. The van der Waals surface area contributed by atoms with E-state index in [2.05, 4.69) is 4.74 Å². The summed E-state index contributed by atoms with van der Waals surface area (Å²) in [6.45, 7) is 0. The molecule has 2 rings (SSSR count). The van der Waals surface area contributed by atoms with Gasteiger partial charge in [0.25, 0.3) is 0 Å². The number of ether oxygens (including phenoxy) is 1. The van der Waals surface area contributed by atoms with E-state index in [-0.39, 0.29) is 11.7 Å². The molecule has 15 heavy (non-hydrogen) atoms. The summed E-state index contributed by atoms with van der Waals surface area (Å²) in [4.78, 5) is 11.3. The fraction of sp³-hybridized carbons (Fsp3) is 0.364. The van der Waals surface area contributed by atoms with Crippen LogP contribution in [0.2, 0.25) is 0 Å². The topological polar surface area (TPSA) is 52.3 Å². The van der Waals surface area contributed by atoms with E-state index in [0.29, 0.717) is 6.42 Å². The molecule has 0 amide bonds. The third kappa shape index (κ3) is 1.61. The van der Waals surface area contributed by atoms with Gasteiger partial charge in [-0.05, 0) is 24.1 Å². The molecule has 0 radical (unpaired) electrons. The Morgan fingerprint density at radius 2 is 2.40 bits per heavy atom. The quantitative estimate of drug-likeness (QED) is 0.744. The van der Waals surface area contributed by atoms with Crippen molar-refractivity contribution < 1.29 is 13.9 Å². The van der Waals surface area contributed by atoms with Crippen molar-refractivity contribution in [1.29, 1.82) is 0 Å². The van der Waals surface area contributed by atoms with E-state index >= 15 is 0 Å². The van der Waals surface area contributed by atoms with Gasteiger partial charge in [0.2, 0.25) is 0 Å². The number of halogens is 1. The summed E-state index contributed by atoms with van der Waals surface area (Å²) < 4.78 is 17.5. The van der Waals surface area contributed by atoms with Crippen molar-refractivity contribution in [1.82, 2.24) is 0 Å². The Hall–Kier alpha value is -1.42. The number of nitrogens with two attached hydrogens (primary N) is 1. The van der Waals surface area contributed by atoms with Crippen molar-refractivity contribution in [2.24, 2.45) is 5.73 Å². The Kier molecular flexibility index (Phi) is 2.23. The summed E-state index contributed by atoms with van der Waals surface area (Å²) in [7, 11) is 1.30. The molecule has 0 spiro atoms. The lowest BCUT2D eigenvalue weighted by molar-refractivity contribution is -0.143. The van der Waals surface area contributed by atoms with E-state index in [1.165, 1.54) is 19.2 Å². The molecule has 2 atom stereocenters. The van der Waals surface area contributed by atoms with E-state index in [1.807, 2.05) is 0 Å². The van der Waals surface area contributed by atoms with Crippen LogP contribution in [0.5, 0.6) is 0 Å². The summed E-state index contributed by atoms with van der Waals surface area (Å²) >= 11 is 0. The van der Waals surface area contributed by atoms with Crippen LogP contribution in [-0.4, -0.2) is 18.6 Å². The standard InChI is InChI=1S/C11H12FNO2/c1-15-10(14)11(13)6-9(11)7-3-2-4-8(12)5-7/h2-5,9H,6,13H2,1H3. The monoisotopic (exact) mass is 209 g/mol. The molecule has 2 N–H and O–H groups in total. The average molecular weight is 209 g/mol. The van der Waals surface area contributed by atoms with Gasteiger partial charge in [0.1, 0.15) is 11.4 Å². The molecule has 0 saturated heterocycles. The van der Waals surface area contributed by atoms with Crippen molar-refractivity contribution in [2.75, 3.05) is 7.11 Å². The number of hydrogen-bond acceptors (Lipinski definition) is 3. The molecule has 1 aromatic rings. The Morgan fingerprint density at radius 1 is 1.67 bits per heavy atom. The van der Waals surface area contributed by atoms with Gasteiger partial charge in [-0.15, -0.1) is 0 Å². The van der Waals surface area contributed by atoms with Crippen LogP contribution >= 0.6 is 0 Å². The maximum Gasteiger partial charge on any atom is 0.326 e. The highest BCUT2D eigenvalue weighted by Gasteiger charge is 2.58. The van der Waals surface area contributed by atoms with E-state index in [0.717, 1.165) is 5.56 Å². The van der Waals surface area contributed by atoms with Crippen LogP contribution in [0, 0.1) is 5.82 Å². The molecule has 0 aliphatic heterocycles. The molecule has 3 nitrogen and oxygen atoms in total. The van der Waals surface area contributed by atoms with Crippen molar-refractivity contribution in [2.45, 2.75) is 17.9 Å². The minimum absolute atomic E-state index is 0.124. The summed E-state index contributed by atoms with van der Waals surface area (Å²) in [5, 5.41) is 0. The van der Waals surface area contributed by atoms with Gasteiger partial charge < -0.3 is 10.5 Å². The van der Waals surface area contributed by atoms with Crippen molar-refractivity contribution in [3.8, 4) is 0 Å². The first kappa shape index (κ1) is 10.1. The van der Waals surface area contributed by atoms with Crippen LogP contribution in [0.1, 0.15) is 17.9 Å². The van der Waals surface area contributed by atoms with Crippen LogP contribution in [0.15, 0.2) is 24.3 Å². The first-order valence-electron chi connectivity index (χ1n) is 4.70. The van der Waals surface area contributed by atoms with E-state index in [1.54, 1.807) is 12.1 Å². The second-order valence-electron chi connectivity index (χ2n) is 3.84. The van der Waals surface area contributed by atoms with Crippen molar-refractivity contribution in [3.05, 3.63) is 35.6 Å². The number of carbonyl (C=O) groups is 1. The molecule has 4 heteroatoms. The van der Waals surface area contributed by atoms with Crippen molar-refractivity contribution >= 4 is 5.97 Å². The Labute approximate surface area is 87.0 Å². The summed E-state index contributed by atoms with van der Waals surface area (Å²) in [5.41, 5.74) is 5.63. The van der Waals surface area contributed by atoms with Crippen LogP contribution < -0.4 is 5.73 Å². The van der Waals surface area contributed by atoms with Gasteiger partial charge in [0.15, 0.2) is 0 Å². The maximum absolute atomic E-state index is 12.9. The molecule has 1 aromatic carbocycles. The van der Waals surface area contributed by atoms with E-state index in [4.69, 9.17) is 5.73 Å². The van der Waals surface area contributed by atoms with Gasteiger partial charge in [0, 0.05) is 5.92 Å². The first-order valence-corrected chi connectivity index (χ1v) is 4.70. The molecule has 80 valence electrons. The molecular weight excluding hydrogens is 197 g/mol. The lowest BCUT2D eigenvalue weighted by Gasteiger charge is -2.08. The molecule has 0 bridgehead atoms.